The van der Waals surface area contributed by atoms with E-state index in [0.717, 1.165) is 15.6 Å². The van der Waals surface area contributed by atoms with Crippen molar-refractivity contribution in [2.24, 2.45) is 0 Å². The van der Waals surface area contributed by atoms with Crippen LogP contribution in [0.25, 0.3) is 10.1 Å². The third-order valence-electron chi connectivity index (χ3n) is 3.68. The van der Waals surface area contributed by atoms with E-state index < -0.39 is 0 Å². The number of carbonyl (C=O) groups is 1. The van der Waals surface area contributed by atoms with Crippen molar-refractivity contribution in [3.05, 3.63) is 63.0 Å². The summed E-state index contributed by atoms with van der Waals surface area (Å²) < 4.78 is 6.16. The quantitative estimate of drug-likeness (QED) is 0.662. The number of fused-ring (bicyclic) bond motifs is 1. The van der Waals surface area contributed by atoms with Gasteiger partial charge in [-0.05, 0) is 36.2 Å². The normalized spacial score (nSPS) is 10.8. The number of nitrogens with one attached hydrogen (secondary N) is 1. The molecule has 0 saturated heterocycles. The lowest BCUT2D eigenvalue weighted by Crippen LogP contribution is -2.25. The summed E-state index contributed by atoms with van der Waals surface area (Å²) in [4.78, 5) is 12.9. The van der Waals surface area contributed by atoms with Crippen molar-refractivity contribution < 1.29 is 9.53 Å². The van der Waals surface area contributed by atoms with Crippen molar-refractivity contribution >= 4 is 50.5 Å². The Morgan fingerprint density at radius 1 is 1.21 bits per heavy atom. The van der Waals surface area contributed by atoms with Gasteiger partial charge in [-0.25, -0.2) is 0 Å². The Labute approximate surface area is 154 Å². The molecule has 0 spiro atoms. The number of benzene rings is 2. The monoisotopic (exact) mass is 379 g/mol. The van der Waals surface area contributed by atoms with Crippen LogP contribution in [0.5, 0.6) is 5.75 Å². The Hall–Kier alpha value is -1.75. The molecule has 1 heterocycles. The molecule has 0 aliphatic rings. The number of hydrogen-bond acceptors (Lipinski definition) is 3. The Bertz CT molecular complexity index is 892. The van der Waals surface area contributed by atoms with Crippen molar-refractivity contribution in [2.45, 2.75) is 6.42 Å². The van der Waals surface area contributed by atoms with Crippen LogP contribution < -0.4 is 10.1 Å². The van der Waals surface area contributed by atoms with Crippen LogP contribution in [0.1, 0.15) is 15.2 Å². The van der Waals surface area contributed by atoms with Gasteiger partial charge in [-0.1, -0.05) is 41.4 Å². The summed E-state index contributed by atoms with van der Waals surface area (Å²) in [6.45, 7) is 0.496. The lowest BCUT2D eigenvalue weighted by Gasteiger charge is -2.06. The van der Waals surface area contributed by atoms with Crippen LogP contribution in [-0.4, -0.2) is 19.6 Å². The van der Waals surface area contributed by atoms with Gasteiger partial charge in [0, 0.05) is 21.7 Å². The predicted molar refractivity (Wildman–Crippen MR) is 101 cm³/mol. The van der Waals surface area contributed by atoms with Crippen LogP contribution in [0.2, 0.25) is 10.0 Å². The molecule has 0 saturated carbocycles. The zero-order chi connectivity index (χ0) is 17.1. The fourth-order valence-electron chi connectivity index (χ4n) is 2.41. The molecule has 24 heavy (non-hydrogen) atoms. The standard InChI is InChI=1S/C18H15Cl2NO2S/c1-23-12-6-7-15-13(10-12)16(20)17(24-15)18(22)21-9-8-11-4-2-3-5-14(11)19/h2-7,10H,8-9H2,1H3,(H,21,22). The number of methoxy groups -OCH3 is 1. The first kappa shape index (κ1) is 17.1. The first-order valence-electron chi connectivity index (χ1n) is 7.38. The van der Waals surface area contributed by atoms with Crippen LogP contribution in [0, 0.1) is 0 Å². The Morgan fingerprint density at radius 3 is 2.75 bits per heavy atom. The van der Waals surface area contributed by atoms with Gasteiger partial charge in [-0.15, -0.1) is 11.3 Å². The minimum Gasteiger partial charge on any atom is -0.497 e. The molecule has 0 radical (unpaired) electrons. The highest BCUT2D eigenvalue weighted by Gasteiger charge is 2.17. The Morgan fingerprint density at radius 2 is 2.00 bits per heavy atom. The van der Waals surface area contributed by atoms with E-state index in [1.807, 2.05) is 42.5 Å². The lowest BCUT2D eigenvalue weighted by molar-refractivity contribution is 0.0958. The molecule has 0 unspecified atom stereocenters. The number of hydrogen-bond donors (Lipinski definition) is 1. The number of rotatable bonds is 5. The van der Waals surface area contributed by atoms with Gasteiger partial charge in [0.2, 0.25) is 0 Å². The molecule has 0 atom stereocenters. The zero-order valence-electron chi connectivity index (χ0n) is 12.9. The number of ether oxygens (including phenoxy) is 1. The summed E-state index contributed by atoms with van der Waals surface area (Å²) in [6.07, 6.45) is 0.668. The molecule has 3 rings (SSSR count). The minimum atomic E-state index is -0.174. The zero-order valence-corrected chi connectivity index (χ0v) is 15.3. The molecule has 0 bridgehead atoms. The summed E-state index contributed by atoms with van der Waals surface area (Å²) in [5.41, 5.74) is 1.01. The topological polar surface area (TPSA) is 38.3 Å². The van der Waals surface area contributed by atoms with Crippen LogP contribution in [-0.2, 0) is 6.42 Å². The SMILES string of the molecule is COc1ccc2sc(C(=O)NCCc3ccccc3Cl)c(Cl)c2c1. The number of thiophene rings is 1. The number of amides is 1. The second-order valence-electron chi connectivity index (χ2n) is 5.20. The summed E-state index contributed by atoms with van der Waals surface area (Å²) in [5, 5.41) is 4.90. The van der Waals surface area contributed by atoms with E-state index in [-0.39, 0.29) is 5.91 Å². The highest BCUT2D eigenvalue weighted by Crippen LogP contribution is 2.37. The molecule has 1 amide bonds. The average Bonchev–Trinajstić information content (AvgIpc) is 2.93. The maximum Gasteiger partial charge on any atom is 0.262 e. The van der Waals surface area contributed by atoms with Crippen molar-refractivity contribution in [1.29, 1.82) is 0 Å². The van der Waals surface area contributed by atoms with Crippen molar-refractivity contribution in [3.8, 4) is 5.75 Å². The van der Waals surface area contributed by atoms with Gasteiger partial charge in [0.1, 0.15) is 10.6 Å². The molecular weight excluding hydrogens is 365 g/mol. The van der Waals surface area contributed by atoms with E-state index in [1.165, 1.54) is 11.3 Å². The van der Waals surface area contributed by atoms with E-state index in [0.29, 0.717) is 33.6 Å². The van der Waals surface area contributed by atoms with Crippen LogP contribution >= 0.6 is 34.5 Å². The molecule has 0 fully saturated rings. The molecular formula is C18H15Cl2NO2S. The van der Waals surface area contributed by atoms with Crippen molar-refractivity contribution in [1.82, 2.24) is 5.32 Å². The third kappa shape index (κ3) is 3.51. The van der Waals surface area contributed by atoms with E-state index >= 15 is 0 Å². The lowest BCUT2D eigenvalue weighted by atomic mass is 10.1. The van der Waals surface area contributed by atoms with Gasteiger partial charge in [-0.3, -0.25) is 4.79 Å². The molecule has 2 aromatic carbocycles. The van der Waals surface area contributed by atoms with E-state index in [2.05, 4.69) is 5.32 Å². The fourth-order valence-corrected chi connectivity index (χ4v) is 4.05. The molecule has 0 aliphatic carbocycles. The van der Waals surface area contributed by atoms with Gasteiger partial charge in [0.25, 0.3) is 5.91 Å². The van der Waals surface area contributed by atoms with E-state index in [1.54, 1.807) is 7.11 Å². The van der Waals surface area contributed by atoms with E-state index in [4.69, 9.17) is 27.9 Å². The minimum absolute atomic E-state index is 0.174. The summed E-state index contributed by atoms with van der Waals surface area (Å²) >= 11 is 13.9. The molecule has 6 heteroatoms. The largest absolute Gasteiger partial charge is 0.497 e. The molecule has 3 nitrogen and oxygen atoms in total. The Kier molecular flexibility index (Phi) is 5.29. The third-order valence-corrected chi connectivity index (χ3v) is 5.72. The molecule has 1 N–H and O–H groups in total. The van der Waals surface area contributed by atoms with Gasteiger partial charge in [0.05, 0.1) is 12.1 Å². The molecule has 3 aromatic rings. The van der Waals surface area contributed by atoms with Gasteiger partial charge in [0.15, 0.2) is 0 Å². The van der Waals surface area contributed by atoms with Gasteiger partial charge >= 0.3 is 0 Å². The number of halogens is 2. The summed E-state index contributed by atoms with van der Waals surface area (Å²) in [5.74, 6) is 0.542. The van der Waals surface area contributed by atoms with Crippen molar-refractivity contribution in [3.63, 3.8) is 0 Å². The fraction of sp³-hybridized carbons (Fsp3) is 0.167. The van der Waals surface area contributed by atoms with E-state index in [9.17, 15) is 4.79 Å². The van der Waals surface area contributed by atoms with Gasteiger partial charge in [-0.2, -0.15) is 0 Å². The second kappa shape index (κ2) is 7.43. The van der Waals surface area contributed by atoms with Crippen LogP contribution in [0.4, 0.5) is 0 Å². The Balaban J connectivity index is 1.72. The molecule has 124 valence electrons. The first-order chi connectivity index (χ1) is 11.6. The van der Waals surface area contributed by atoms with Crippen molar-refractivity contribution in [2.75, 3.05) is 13.7 Å². The summed E-state index contributed by atoms with van der Waals surface area (Å²) in [6, 6.07) is 13.2. The molecule has 0 aliphatic heterocycles. The maximum atomic E-state index is 12.4. The maximum absolute atomic E-state index is 12.4. The highest BCUT2D eigenvalue weighted by atomic mass is 35.5. The second-order valence-corrected chi connectivity index (χ2v) is 7.04. The first-order valence-corrected chi connectivity index (χ1v) is 8.95. The van der Waals surface area contributed by atoms with Crippen LogP contribution in [0.3, 0.4) is 0 Å². The molecule has 1 aromatic heterocycles. The number of carbonyl (C=O) groups excluding carboxylic acids is 1. The highest BCUT2D eigenvalue weighted by molar-refractivity contribution is 7.21. The average molecular weight is 380 g/mol. The smallest absolute Gasteiger partial charge is 0.262 e. The summed E-state index contributed by atoms with van der Waals surface area (Å²) in [7, 11) is 1.60. The predicted octanol–water partition coefficient (Wildman–Crippen LogP) is 5.19. The van der Waals surface area contributed by atoms with Crippen LogP contribution in [0.15, 0.2) is 42.5 Å². The van der Waals surface area contributed by atoms with Gasteiger partial charge < -0.3 is 10.1 Å².